The number of halogens is 1. The third-order valence-corrected chi connectivity index (χ3v) is 6.71. The number of ether oxygens (including phenoxy) is 2. The summed E-state index contributed by atoms with van der Waals surface area (Å²) in [5, 5.41) is 2.76. The second-order valence-corrected chi connectivity index (χ2v) is 8.43. The summed E-state index contributed by atoms with van der Waals surface area (Å²) >= 11 is 0. The van der Waals surface area contributed by atoms with Gasteiger partial charge in [-0.2, -0.15) is 4.31 Å². The highest BCUT2D eigenvalue weighted by Gasteiger charge is 2.32. The van der Waals surface area contributed by atoms with E-state index in [1.807, 2.05) is 0 Å². The first-order chi connectivity index (χ1) is 12.5. The first-order valence-corrected chi connectivity index (χ1v) is 10.2. The van der Waals surface area contributed by atoms with Gasteiger partial charge in [0.25, 0.3) is 5.91 Å². The van der Waals surface area contributed by atoms with Crippen LogP contribution in [0.25, 0.3) is 0 Å². The van der Waals surface area contributed by atoms with E-state index in [4.69, 9.17) is 15.2 Å². The summed E-state index contributed by atoms with van der Waals surface area (Å²) in [4.78, 5) is 12.4. The molecule has 0 bridgehead atoms. The predicted molar refractivity (Wildman–Crippen MR) is 104 cm³/mol. The van der Waals surface area contributed by atoms with Crippen LogP contribution in [0.2, 0.25) is 0 Å². The van der Waals surface area contributed by atoms with E-state index in [1.54, 1.807) is 6.07 Å². The normalized spacial score (nSPS) is 23.0. The van der Waals surface area contributed by atoms with Gasteiger partial charge in [0, 0.05) is 31.4 Å². The van der Waals surface area contributed by atoms with Gasteiger partial charge in [-0.25, -0.2) is 8.42 Å². The van der Waals surface area contributed by atoms with Crippen LogP contribution >= 0.6 is 12.4 Å². The molecule has 0 aliphatic carbocycles. The third kappa shape index (κ3) is 4.72. The number of methoxy groups -OCH3 is 1. The Morgan fingerprint density at radius 2 is 2.04 bits per heavy atom. The zero-order valence-electron chi connectivity index (χ0n) is 15.2. The molecule has 0 aromatic heterocycles. The first-order valence-electron chi connectivity index (χ1n) is 8.80. The first kappa shape index (κ1) is 21.9. The molecule has 3 N–H and O–H groups in total. The standard InChI is InChI=1S/C17H25N3O5S.ClH/c1-24-15-10-12(19-17(21)14-6-5-13(11-18)25-14)4-7-16(15)26(22,23)20-8-2-3-9-20;/h4,7,10,13-14H,2-3,5-6,8-9,11,18H2,1H3,(H,19,21);1H/t13-,14+;/m1./s1. The number of carbonyl (C=O) groups excluding carboxylic acids is 1. The number of rotatable bonds is 6. The van der Waals surface area contributed by atoms with Crippen LogP contribution in [-0.2, 0) is 19.6 Å². The van der Waals surface area contributed by atoms with Gasteiger partial charge in [0.1, 0.15) is 16.7 Å². The van der Waals surface area contributed by atoms with Gasteiger partial charge in [-0.3, -0.25) is 4.79 Å². The van der Waals surface area contributed by atoms with Crippen LogP contribution in [0.3, 0.4) is 0 Å². The summed E-state index contributed by atoms with van der Waals surface area (Å²) in [5.74, 6) is -0.0555. The maximum atomic E-state index is 12.8. The molecule has 2 atom stereocenters. The van der Waals surface area contributed by atoms with Crippen LogP contribution < -0.4 is 15.8 Å². The van der Waals surface area contributed by atoms with Gasteiger partial charge in [0.05, 0.1) is 13.2 Å². The Morgan fingerprint density at radius 1 is 1.33 bits per heavy atom. The van der Waals surface area contributed by atoms with Gasteiger partial charge in [-0.1, -0.05) is 0 Å². The molecule has 0 radical (unpaired) electrons. The van der Waals surface area contributed by atoms with E-state index >= 15 is 0 Å². The van der Waals surface area contributed by atoms with Gasteiger partial charge in [0.15, 0.2) is 0 Å². The fourth-order valence-corrected chi connectivity index (χ4v) is 4.97. The van der Waals surface area contributed by atoms with Crippen LogP contribution in [0, 0.1) is 0 Å². The van der Waals surface area contributed by atoms with Crippen LogP contribution in [0.4, 0.5) is 5.69 Å². The number of nitrogens with two attached hydrogens (primary N) is 1. The molecule has 0 spiro atoms. The molecule has 8 nitrogen and oxygen atoms in total. The number of carbonyl (C=O) groups is 1. The average Bonchev–Trinajstić information content (AvgIpc) is 3.33. The summed E-state index contributed by atoms with van der Waals surface area (Å²) in [7, 11) is -2.18. The quantitative estimate of drug-likeness (QED) is 0.719. The molecule has 1 amide bonds. The summed E-state index contributed by atoms with van der Waals surface area (Å²) in [6.45, 7) is 1.43. The van der Waals surface area contributed by atoms with Gasteiger partial charge in [0.2, 0.25) is 10.0 Å². The topological polar surface area (TPSA) is 111 Å². The van der Waals surface area contributed by atoms with E-state index in [0.717, 1.165) is 19.3 Å². The molecule has 3 rings (SSSR count). The van der Waals surface area contributed by atoms with E-state index < -0.39 is 16.1 Å². The highest BCUT2D eigenvalue weighted by molar-refractivity contribution is 7.89. The Kier molecular flexibility index (Phi) is 7.47. The molecule has 0 unspecified atom stereocenters. The molecule has 2 aliphatic heterocycles. The molecule has 1 aromatic carbocycles. The van der Waals surface area contributed by atoms with Crippen LogP contribution in [0.1, 0.15) is 25.7 Å². The molecule has 2 heterocycles. The van der Waals surface area contributed by atoms with Gasteiger partial charge >= 0.3 is 0 Å². The van der Waals surface area contributed by atoms with Crippen molar-refractivity contribution in [3.05, 3.63) is 18.2 Å². The zero-order valence-corrected chi connectivity index (χ0v) is 16.9. The lowest BCUT2D eigenvalue weighted by molar-refractivity contribution is -0.126. The zero-order chi connectivity index (χ0) is 18.7. The molecule has 0 saturated carbocycles. The molecule has 1 aromatic rings. The average molecular weight is 420 g/mol. The van der Waals surface area contributed by atoms with Crippen LogP contribution in [0.15, 0.2) is 23.1 Å². The lowest BCUT2D eigenvalue weighted by Gasteiger charge is -2.18. The van der Waals surface area contributed by atoms with Crippen molar-refractivity contribution in [3.63, 3.8) is 0 Å². The highest BCUT2D eigenvalue weighted by Crippen LogP contribution is 2.31. The fourth-order valence-electron chi connectivity index (χ4n) is 3.32. The van der Waals surface area contributed by atoms with E-state index in [9.17, 15) is 13.2 Å². The highest BCUT2D eigenvalue weighted by atomic mass is 35.5. The van der Waals surface area contributed by atoms with Crippen molar-refractivity contribution < 1.29 is 22.7 Å². The number of hydrogen-bond donors (Lipinski definition) is 2. The van der Waals surface area contributed by atoms with Crippen molar-refractivity contribution in [1.82, 2.24) is 4.31 Å². The van der Waals surface area contributed by atoms with Gasteiger partial charge < -0.3 is 20.5 Å². The Hall–Kier alpha value is -1.39. The van der Waals surface area contributed by atoms with Crippen molar-refractivity contribution in [1.29, 1.82) is 0 Å². The number of benzene rings is 1. The number of hydrogen-bond acceptors (Lipinski definition) is 6. The Bertz CT molecular complexity index is 768. The van der Waals surface area contributed by atoms with E-state index in [2.05, 4.69) is 5.32 Å². The van der Waals surface area contributed by atoms with E-state index in [-0.39, 0.29) is 35.1 Å². The lowest BCUT2D eigenvalue weighted by atomic mass is 10.2. The maximum Gasteiger partial charge on any atom is 0.253 e. The number of amides is 1. The van der Waals surface area contributed by atoms with Crippen molar-refractivity contribution in [2.24, 2.45) is 5.73 Å². The second kappa shape index (κ2) is 9.20. The summed E-state index contributed by atoms with van der Waals surface area (Å²) in [6.07, 6.45) is 2.47. The van der Waals surface area contributed by atoms with Crippen molar-refractivity contribution >= 4 is 34.0 Å². The molecule has 2 saturated heterocycles. The minimum absolute atomic E-state index is 0. The molecule has 2 fully saturated rings. The summed E-state index contributed by atoms with van der Waals surface area (Å²) in [5.41, 5.74) is 6.03. The fraction of sp³-hybridized carbons (Fsp3) is 0.588. The number of anilines is 1. The minimum Gasteiger partial charge on any atom is -0.495 e. The number of sulfonamides is 1. The molecular weight excluding hydrogens is 394 g/mol. The van der Waals surface area contributed by atoms with E-state index in [0.29, 0.717) is 31.7 Å². The number of nitrogens with one attached hydrogen (secondary N) is 1. The van der Waals surface area contributed by atoms with Gasteiger partial charge in [-0.15, -0.1) is 12.4 Å². The Balaban J connectivity index is 0.00000261. The third-order valence-electron chi connectivity index (χ3n) is 4.78. The van der Waals surface area contributed by atoms with Crippen molar-refractivity contribution in [2.45, 2.75) is 42.8 Å². The molecule has 27 heavy (non-hydrogen) atoms. The maximum absolute atomic E-state index is 12.8. The van der Waals surface area contributed by atoms with Crippen molar-refractivity contribution in [3.8, 4) is 5.75 Å². The van der Waals surface area contributed by atoms with Crippen LogP contribution in [0.5, 0.6) is 5.75 Å². The lowest BCUT2D eigenvalue weighted by Crippen LogP contribution is -2.30. The molecule has 2 aliphatic rings. The minimum atomic E-state index is -3.60. The smallest absolute Gasteiger partial charge is 0.253 e. The Morgan fingerprint density at radius 3 is 2.63 bits per heavy atom. The second-order valence-electron chi connectivity index (χ2n) is 6.53. The van der Waals surface area contributed by atoms with Crippen LogP contribution in [-0.4, -0.2) is 57.6 Å². The van der Waals surface area contributed by atoms with E-state index in [1.165, 1.54) is 23.5 Å². The molecule has 152 valence electrons. The summed E-state index contributed by atoms with van der Waals surface area (Å²) in [6, 6.07) is 4.56. The SMILES string of the molecule is COc1cc(NC(=O)[C@@H]2CC[C@H](CN)O2)ccc1S(=O)(=O)N1CCCC1.Cl. The molecular formula is C17H26ClN3O5S. The predicted octanol–water partition coefficient (Wildman–Crippen LogP) is 1.35. The largest absolute Gasteiger partial charge is 0.495 e. The monoisotopic (exact) mass is 419 g/mol. The number of nitrogens with zero attached hydrogens (tertiary/aromatic N) is 1. The summed E-state index contributed by atoms with van der Waals surface area (Å²) < 4.78 is 37.8. The Labute approximate surface area is 165 Å². The molecule has 10 heteroatoms. The van der Waals surface area contributed by atoms with Crippen molar-refractivity contribution in [2.75, 3.05) is 32.1 Å². The van der Waals surface area contributed by atoms with Gasteiger partial charge in [-0.05, 0) is 37.8 Å².